The van der Waals surface area contributed by atoms with Gasteiger partial charge in [0.25, 0.3) is 5.56 Å². The van der Waals surface area contributed by atoms with E-state index in [1.54, 1.807) is 18.2 Å². The van der Waals surface area contributed by atoms with Crippen LogP contribution in [0.2, 0.25) is 0 Å². The Bertz CT molecular complexity index is 1100. The van der Waals surface area contributed by atoms with Crippen molar-refractivity contribution >= 4 is 10.8 Å². The van der Waals surface area contributed by atoms with Gasteiger partial charge in [0.2, 0.25) is 0 Å². The third kappa shape index (κ3) is 3.19. The van der Waals surface area contributed by atoms with E-state index in [0.717, 1.165) is 27.6 Å². The second kappa shape index (κ2) is 6.32. The number of rotatable bonds is 3. The van der Waals surface area contributed by atoms with Crippen molar-refractivity contribution in [3.63, 3.8) is 0 Å². The molecule has 122 valence electrons. The van der Waals surface area contributed by atoms with Crippen molar-refractivity contribution in [2.75, 3.05) is 0 Å². The van der Waals surface area contributed by atoms with Gasteiger partial charge in [0.05, 0.1) is 12.2 Å². The monoisotopic (exact) mass is 330 g/mol. The normalized spacial score (nSPS) is 10.9. The van der Waals surface area contributed by atoms with Crippen LogP contribution in [0.3, 0.4) is 0 Å². The summed E-state index contributed by atoms with van der Waals surface area (Å²) in [6, 6.07) is 23.5. The molecule has 0 spiro atoms. The molecule has 0 N–H and O–H groups in total. The quantitative estimate of drug-likeness (QED) is 0.563. The van der Waals surface area contributed by atoms with E-state index >= 15 is 0 Å². The molecule has 3 aromatic carbocycles. The van der Waals surface area contributed by atoms with Gasteiger partial charge < -0.3 is 0 Å². The Labute approximate surface area is 144 Å². The smallest absolute Gasteiger partial charge is 0.267 e. The first-order valence-corrected chi connectivity index (χ1v) is 8.01. The molecule has 0 unspecified atom stereocenters. The zero-order valence-corrected chi connectivity index (χ0v) is 13.4. The van der Waals surface area contributed by atoms with Crippen molar-refractivity contribution in [1.29, 1.82) is 0 Å². The van der Waals surface area contributed by atoms with E-state index in [-0.39, 0.29) is 11.4 Å². The number of halogens is 1. The largest absolute Gasteiger partial charge is 0.268 e. The average molecular weight is 330 g/mol. The fourth-order valence-electron chi connectivity index (χ4n) is 2.83. The molecule has 0 atom stereocenters. The van der Waals surface area contributed by atoms with E-state index in [0.29, 0.717) is 6.54 Å². The molecule has 25 heavy (non-hydrogen) atoms. The fourth-order valence-corrected chi connectivity index (χ4v) is 2.83. The Morgan fingerprint density at radius 1 is 0.840 bits per heavy atom. The Balaban J connectivity index is 1.72. The van der Waals surface area contributed by atoms with E-state index in [2.05, 4.69) is 17.2 Å². The molecule has 0 bridgehead atoms. The number of nitrogens with zero attached hydrogens (tertiary/aromatic N) is 2. The van der Waals surface area contributed by atoms with Crippen LogP contribution in [-0.2, 0) is 6.54 Å². The molecule has 3 nitrogen and oxygen atoms in total. The minimum absolute atomic E-state index is 0.186. The van der Waals surface area contributed by atoms with Crippen LogP contribution in [0.5, 0.6) is 0 Å². The topological polar surface area (TPSA) is 34.9 Å². The summed E-state index contributed by atoms with van der Waals surface area (Å²) in [6.07, 6.45) is 0. The van der Waals surface area contributed by atoms with E-state index in [4.69, 9.17) is 0 Å². The van der Waals surface area contributed by atoms with Crippen LogP contribution >= 0.6 is 0 Å². The second-order valence-electron chi connectivity index (χ2n) is 5.90. The standard InChI is InChI=1S/C21H15FN2O/c22-19-9-5-15(6-10-19)14-24-21(25)12-11-20(23-24)18-8-7-16-3-1-2-4-17(16)13-18/h1-13H,14H2. The van der Waals surface area contributed by atoms with Crippen molar-refractivity contribution < 1.29 is 4.39 Å². The summed E-state index contributed by atoms with van der Waals surface area (Å²) in [7, 11) is 0. The Morgan fingerprint density at radius 3 is 2.40 bits per heavy atom. The molecular weight excluding hydrogens is 315 g/mol. The van der Waals surface area contributed by atoms with E-state index in [9.17, 15) is 9.18 Å². The summed E-state index contributed by atoms with van der Waals surface area (Å²) < 4.78 is 14.4. The van der Waals surface area contributed by atoms with Gasteiger partial charge >= 0.3 is 0 Å². The molecule has 0 aliphatic carbocycles. The number of hydrogen-bond donors (Lipinski definition) is 0. The van der Waals surface area contributed by atoms with Gasteiger partial charge in [-0.05, 0) is 40.6 Å². The van der Waals surface area contributed by atoms with E-state index < -0.39 is 0 Å². The van der Waals surface area contributed by atoms with Crippen LogP contribution in [0.25, 0.3) is 22.0 Å². The highest BCUT2D eigenvalue weighted by atomic mass is 19.1. The predicted molar refractivity (Wildman–Crippen MR) is 96.9 cm³/mol. The average Bonchev–Trinajstić information content (AvgIpc) is 2.65. The first-order chi connectivity index (χ1) is 12.2. The minimum atomic E-state index is -0.297. The lowest BCUT2D eigenvalue weighted by Crippen LogP contribution is -2.22. The van der Waals surface area contributed by atoms with Crippen molar-refractivity contribution in [3.05, 3.63) is 101 Å². The molecule has 1 aromatic heterocycles. The zero-order chi connectivity index (χ0) is 17.2. The Kier molecular flexibility index (Phi) is 3.86. The van der Waals surface area contributed by atoms with E-state index in [1.165, 1.54) is 22.9 Å². The first kappa shape index (κ1) is 15.3. The van der Waals surface area contributed by atoms with Gasteiger partial charge in [-0.2, -0.15) is 5.10 Å². The summed E-state index contributed by atoms with van der Waals surface area (Å²) in [5.41, 5.74) is 2.32. The zero-order valence-electron chi connectivity index (χ0n) is 13.4. The molecule has 0 saturated carbocycles. The Morgan fingerprint density at radius 2 is 1.60 bits per heavy atom. The fraction of sp³-hybridized carbons (Fsp3) is 0.0476. The van der Waals surface area contributed by atoms with Gasteiger partial charge in [0.1, 0.15) is 5.82 Å². The summed E-state index contributed by atoms with van der Waals surface area (Å²) >= 11 is 0. The summed E-state index contributed by atoms with van der Waals surface area (Å²) in [5, 5.41) is 6.76. The van der Waals surface area contributed by atoms with Crippen LogP contribution in [0.1, 0.15) is 5.56 Å². The summed E-state index contributed by atoms with van der Waals surface area (Å²) in [4.78, 5) is 12.1. The highest BCUT2D eigenvalue weighted by Gasteiger charge is 2.05. The number of fused-ring (bicyclic) bond motifs is 1. The number of hydrogen-bond acceptors (Lipinski definition) is 2. The van der Waals surface area contributed by atoms with Crippen LogP contribution in [-0.4, -0.2) is 9.78 Å². The maximum absolute atomic E-state index is 13.0. The van der Waals surface area contributed by atoms with Crippen molar-refractivity contribution in [2.24, 2.45) is 0 Å². The molecule has 0 fully saturated rings. The van der Waals surface area contributed by atoms with Crippen molar-refractivity contribution in [3.8, 4) is 11.3 Å². The lowest BCUT2D eigenvalue weighted by atomic mass is 10.1. The molecule has 4 rings (SSSR count). The van der Waals surface area contributed by atoms with Crippen molar-refractivity contribution in [2.45, 2.75) is 6.54 Å². The molecule has 0 aliphatic heterocycles. The molecular formula is C21H15FN2O. The van der Waals surface area contributed by atoms with Gasteiger partial charge in [-0.15, -0.1) is 0 Å². The van der Waals surface area contributed by atoms with Crippen LogP contribution < -0.4 is 5.56 Å². The van der Waals surface area contributed by atoms with Gasteiger partial charge in [0.15, 0.2) is 0 Å². The second-order valence-corrected chi connectivity index (χ2v) is 5.90. The SMILES string of the molecule is O=c1ccc(-c2ccc3ccccc3c2)nn1Cc1ccc(F)cc1. The molecule has 1 heterocycles. The number of aromatic nitrogens is 2. The van der Waals surface area contributed by atoms with Crippen LogP contribution in [0.4, 0.5) is 4.39 Å². The maximum atomic E-state index is 13.0. The highest BCUT2D eigenvalue weighted by molar-refractivity contribution is 5.86. The van der Waals surface area contributed by atoms with Gasteiger partial charge in [-0.25, -0.2) is 9.07 Å². The molecule has 0 saturated heterocycles. The summed E-state index contributed by atoms with van der Waals surface area (Å²) in [6.45, 7) is 0.306. The minimum Gasteiger partial charge on any atom is -0.268 e. The predicted octanol–water partition coefficient (Wildman–Crippen LogP) is 4.25. The molecule has 0 aliphatic rings. The van der Waals surface area contributed by atoms with Crippen LogP contribution in [0.15, 0.2) is 83.7 Å². The molecule has 0 amide bonds. The first-order valence-electron chi connectivity index (χ1n) is 8.01. The third-order valence-corrected chi connectivity index (χ3v) is 4.16. The number of benzene rings is 3. The molecule has 4 aromatic rings. The maximum Gasteiger partial charge on any atom is 0.267 e. The third-order valence-electron chi connectivity index (χ3n) is 4.16. The van der Waals surface area contributed by atoms with Crippen LogP contribution in [0, 0.1) is 5.82 Å². The highest BCUT2D eigenvalue weighted by Crippen LogP contribution is 2.22. The van der Waals surface area contributed by atoms with E-state index in [1.807, 2.05) is 30.3 Å². The van der Waals surface area contributed by atoms with Gasteiger partial charge in [0, 0.05) is 11.6 Å². The molecule has 0 radical (unpaired) electrons. The van der Waals surface area contributed by atoms with Gasteiger partial charge in [-0.1, -0.05) is 48.5 Å². The lowest BCUT2D eigenvalue weighted by Gasteiger charge is -2.08. The van der Waals surface area contributed by atoms with Crippen molar-refractivity contribution in [1.82, 2.24) is 9.78 Å². The molecule has 4 heteroatoms. The summed E-state index contributed by atoms with van der Waals surface area (Å²) in [5.74, 6) is -0.297. The Hall–Kier alpha value is -3.27. The van der Waals surface area contributed by atoms with Gasteiger partial charge in [-0.3, -0.25) is 4.79 Å². The lowest BCUT2D eigenvalue weighted by molar-refractivity contribution is 0.620.